The predicted octanol–water partition coefficient (Wildman–Crippen LogP) is 3.19. The molecule has 3 aromatic heterocycles. The van der Waals surface area contributed by atoms with Gasteiger partial charge in [-0.15, -0.1) is 0 Å². The number of carbonyl (C=O) groups excluding carboxylic acids is 1. The zero-order valence-electron chi connectivity index (χ0n) is 16.2. The number of aryl methyl sites for hydroxylation is 2. The van der Waals surface area contributed by atoms with E-state index in [0.29, 0.717) is 16.6 Å². The van der Waals surface area contributed by atoms with Crippen LogP contribution in [0.3, 0.4) is 0 Å². The number of primary amides is 1. The molecule has 28 heavy (non-hydrogen) atoms. The fourth-order valence-electron chi connectivity index (χ4n) is 3.88. The van der Waals surface area contributed by atoms with Gasteiger partial charge < -0.3 is 16.2 Å². The molecule has 0 unspecified atom stereocenters. The Morgan fingerprint density at radius 3 is 2.57 bits per heavy atom. The second kappa shape index (κ2) is 6.23. The van der Waals surface area contributed by atoms with E-state index in [0.717, 1.165) is 33.6 Å². The highest BCUT2D eigenvalue weighted by Gasteiger charge is 2.26. The SMILES string of the molecule is COc1ccc(C)c(-n2c(N)c(C(N)=O)c3nc(C)c4cccnc4c32)c1C. The van der Waals surface area contributed by atoms with Crippen molar-refractivity contribution in [2.24, 2.45) is 5.73 Å². The molecule has 0 aliphatic carbocycles. The van der Waals surface area contributed by atoms with Crippen LogP contribution >= 0.6 is 0 Å². The molecule has 142 valence electrons. The molecule has 0 radical (unpaired) electrons. The lowest BCUT2D eigenvalue weighted by atomic mass is 10.1. The van der Waals surface area contributed by atoms with E-state index in [-0.39, 0.29) is 11.4 Å². The average molecular weight is 375 g/mol. The summed E-state index contributed by atoms with van der Waals surface area (Å²) < 4.78 is 7.32. The van der Waals surface area contributed by atoms with Crippen molar-refractivity contribution in [1.82, 2.24) is 14.5 Å². The minimum Gasteiger partial charge on any atom is -0.496 e. The molecule has 4 rings (SSSR count). The summed E-state index contributed by atoms with van der Waals surface area (Å²) in [6.07, 6.45) is 1.71. The maximum absolute atomic E-state index is 12.3. The molecule has 0 saturated heterocycles. The zero-order chi connectivity index (χ0) is 20.2. The summed E-state index contributed by atoms with van der Waals surface area (Å²) in [6, 6.07) is 7.67. The molecule has 4 aromatic rings. The zero-order valence-corrected chi connectivity index (χ0v) is 16.2. The highest BCUT2D eigenvalue weighted by molar-refractivity contribution is 6.16. The minimum absolute atomic E-state index is 0.201. The number of pyridine rings is 2. The van der Waals surface area contributed by atoms with Gasteiger partial charge in [0, 0.05) is 22.8 Å². The van der Waals surface area contributed by atoms with Gasteiger partial charge in [-0.25, -0.2) is 4.98 Å². The number of nitrogens with two attached hydrogens (primary N) is 2. The van der Waals surface area contributed by atoms with E-state index in [9.17, 15) is 4.79 Å². The first-order chi connectivity index (χ1) is 13.4. The van der Waals surface area contributed by atoms with Crippen LogP contribution in [0.5, 0.6) is 5.75 Å². The lowest BCUT2D eigenvalue weighted by molar-refractivity contribution is 0.100. The Balaban J connectivity index is 2.30. The topological polar surface area (TPSA) is 109 Å². The van der Waals surface area contributed by atoms with E-state index in [1.54, 1.807) is 13.3 Å². The van der Waals surface area contributed by atoms with Crippen molar-refractivity contribution in [2.75, 3.05) is 12.8 Å². The number of anilines is 1. The summed E-state index contributed by atoms with van der Waals surface area (Å²) in [5.74, 6) is 0.341. The number of hydrogen-bond acceptors (Lipinski definition) is 5. The summed E-state index contributed by atoms with van der Waals surface area (Å²) in [5.41, 5.74) is 17.6. The number of nitrogens with zero attached hydrogens (tertiary/aromatic N) is 3. The van der Waals surface area contributed by atoms with Gasteiger partial charge in [-0.05, 0) is 44.5 Å². The van der Waals surface area contributed by atoms with Crippen LogP contribution in [0.4, 0.5) is 5.82 Å². The van der Waals surface area contributed by atoms with Gasteiger partial charge in [0.25, 0.3) is 5.91 Å². The molecular formula is C21H21N5O2. The van der Waals surface area contributed by atoms with Crippen molar-refractivity contribution in [3.8, 4) is 11.4 Å². The van der Waals surface area contributed by atoms with Crippen molar-refractivity contribution < 1.29 is 9.53 Å². The van der Waals surface area contributed by atoms with Gasteiger partial charge in [0.1, 0.15) is 28.2 Å². The third-order valence-electron chi connectivity index (χ3n) is 5.16. The predicted molar refractivity (Wildman–Crippen MR) is 110 cm³/mol. The minimum atomic E-state index is -0.623. The first-order valence-electron chi connectivity index (χ1n) is 8.86. The Morgan fingerprint density at radius 1 is 1.14 bits per heavy atom. The van der Waals surface area contributed by atoms with Crippen molar-refractivity contribution in [1.29, 1.82) is 0 Å². The van der Waals surface area contributed by atoms with Crippen LogP contribution in [0.2, 0.25) is 0 Å². The van der Waals surface area contributed by atoms with Gasteiger partial charge in [0.2, 0.25) is 0 Å². The fourth-order valence-corrected chi connectivity index (χ4v) is 3.88. The summed E-state index contributed by atoms with van der Waals surface area (Å²) in [4.78, 5) is 21.5. The third kappa shape index (κ3) is 2.32. The van der Waals surface area contributed by atoms with Crippen LogP contribution in [-0.2, 0) is 0 Å². The molecule has 7 heteroatoms. The van der Waals surface area contributed by atoms with Gasteiger partial charge in [0.15, 0.2) is 0 Å². The van der Waals surface area contributed by atoms with Crippen LogP contribution < -0.4 is 16.2 Å². The maximum atomic E-state index is 12.3. The summed E-state index contributed by atoms with van der Waals surface area (Å²) >= 11 is 0. The molecule has 4 N–H and O–H groups in total. The Bertz CT molecular complexity index is 1270. The second-order valence-corrected chi connectivity index (χ2v) is 6.81. The van der Waals surface area contributed by atoms with Crippen molar-refractivity contribution in [3.05, 3.63) is 52.8 Å². The van der Waals surface area contributed by atoms with Crippen LogP contribution in [0, 0.1) is 20.8 Å². The highest BCUT2D eigenvalue weighted by atomic mass is 16.5. The summed E-state index contributed by atoms with van der Waals surface area (Å²) in [6.45, 7) is 5.81. The van der Waals surface area contributed by atoms with Gasteiger partial charge >= 0.3 is 0 Å². The number of methoxy groups -OCH3 is 1. The van der Waals surface area contributed by atoms with Crippen molar-refractivity contribution >= 4 is 33.7 Å². The lowest BCUT2D eigenvalue weighted by Crippen LogP contribution is -2.14. The fraction of sp³-hybridized carbons (Fsp3) is 0.190. The van der Waals surface area contributed by atoms with E-state index < -0.39 is 5.91 Å². The number of aromatic nitrogens is 3. The number of nitrogen functional groups attached to an aromatic ring is 1. The molecule has 0 saturated carbocycles. The molecule has 0 atom stereocenters. The number of fused-ring (bicyclic) bond motifs is 3. The van der Waals surface area contributed by atoms with Gasteiger partial charge in [-0.2, -0.15) is 0 Å². The first kappa shape index (κ1) is 17.8. The summed E-state index contributed by atoms with van der Waals surface area (Å²) in [7, 11) is 1.62. The number of amides is 1. The molecule has 7 nitrogen and oxygen atoms in total. The van der Waals surface area contributed by atoms with Crippen LogP contribution in [0.15, 0.2) is 30.5 Å². The van der Waals surface area contributed by atoms with Gasteiger partial charge in [-0.3, -0.25) is 14.3 Å². The lowest BCUT2D eigenvalue weighted by Gasteiger charge is -2.17. The average Bonchev–Trinajstić information content (AvgIpc) is 2.94. The Morgan fingerprint density at radius 2 is 1.89 bits per heavy atom. The quantitative estimate of drug-likeness (QED) is 0.571. The number of ether oxygens (including phenoxy) is 1. The van der Waals surface area contributed by atoms with Gasteiger partial charge in [-0.1, -0.05) is 6.07 Å². The molecule has 1 amide bonds. The highest BCUT2D eigenvalue weighted by Crippen LogP contribution is 2.38. The number of benzene rings is 1. The van der Waals surface area contributed by atoms with E-state index >= 15 is 0 Å². The number of carbonyl (C=O) groups is 1. The number of hydrogen-bond donors (Lipinski definition) is 2. The first-order valence-corrected chi connectivity index (χ1v) is 8.86. The Kier molecular flexibility index (Phi) is 3.96. The molecule has 0 bridgehead atoms. The van der Waals surface area contributed by atoms with Crippen molar-refractivity contribution in [3.63, 3.8) is 0 Å². The maximum Gasteiger partial charge on any atom is 0.254 e. The van der Waals surface area contributed by atoms with Crippen molar-refractivity contribution in [2.45, 2.75) is 20.8 Å². The third-order valence-corrected chi connectivity index (χ3v) is 5.16. The van der Waals surface area contributed by atoms with Crippen LogP contribution in [0.25, 0.3) is 27.6 Å². The Hall–Kier alpha value is -3.61. The van der Waals surface area contributed by atoms with Gasteiger partial charge in [0.05, 0.1) is 18.3 Å². The largest absolute Gasteiger partial charge is 0.496 e. The smallest absolute Gasteiger partial charge is 0.254 e. The second-order valence-electron chi connectivity index (χ2n) is 6.81. The molecule has 3 heterocycles. The van der Waals surface area contributed by atoms with E-state index in [1.807, 2.05) is 49.6 Å². The molecule has 0 fully saturated rings. The standard InChI is InChI=1S/C21H21N5O2/c1-10-7-8-14(28-4)11(2)18(10)26-19-16-13(6-5-9-24-16)12(3)25-17(19)15(20(26)22)21(23)27/h5-9H,22H2,1-4H3,(H2,23,27). The number of rotatable bonds is 3. The Labute approximate surface area is 161 Å². The van der Waals surface area contributed by atoms with E-state index in [1.165, 1.54) is 0 Å². The normalized spacial score (nSPS) is 11.3. The monoisotopic (exact) mass is 375 g/mol. The van der Waals surface area contributed by atoms with Crippen LogP contribution in [0.1, 0.15) is 27.2 Å². The van der Waals surface area contributed by atoms with E-state index in [4.69, 9.17) is 16.2 Å². The molecule has 0 aliphatic rings. The van der Waals surface area contributed by atoms with Crippen LogP contribution in [-0.4, -0.2) is 27.6 Å². The molecule has 0 spiro atoms. The molecular weight excluding hydrogens is 354 g/mol. The summed E-state index contributed by atoms with van der Waals surface area (Å²) in [5, 5.41) is 0.892. The molecule has 0 aliphatic heterocycles. The molecule has 1 aromatic carbocycles. The van der Waals surface area contributed by atoms with E-state index in [2.05, 4.69) is 9.97 Å².